The maximum absolute atomic E-state index is 6.23. The third-order valence-electron chi connectivity index (χ3n) is 4.73. The summed E-state index contributed by atoms with van der Waals surface area (Å²) in [6, 6.07) is 0.199. The lowest BCUT2D eigenvalue weighted by Crippen LogP contribution is -2.34. The molecule has 1 fully saturated rings. The van der Waals surface area contributed by atoms with Crippen molar-refractivity contribution in [3.8, 4) is 0 Å². The van der Waals surface area contributed by atoms with Gasteiger partial charge in [0.1, 0.15) is 10.6 Å². The van der Waals surface area contributed by atoms with E-state index in [1.54, 1.807) is 0 Å². The first-order valence-corrected chi connectivity index (χ1v) is 8.27. The number of methoxy groups -OCH3 is 1. The minimum absolute atomic E-state index is 0.139. The normalized spacial score (nSPS) is 35.1. The van der Waals surface area contributed by atoms with Crippen LogP contribution in [0.15, 0.2) is 0 Å². The Balaban J connectivity index is 1.95. The topological polar surface area (TPSA) is 48.1 Å². The van der Waals surface area contributed by atoms with Gasteiger partial charge in [-0.3, -0.25) is 0 Å². The van der Waals surface area contributed by atoms with E-state index in [-0.39, 0.29) is 11.6 Å². The van der Waals surface area contributed by atoms with Crippen LogP contribution in [0.5, 0.6) is 0 Å². The first kappa shape index (κ1) is 13.5. The van der Waals surface area contributed by atoms with Crippen molar-refractivity contribution < 1.29 is 4.74 Å². The molecule has 0 bridgehead atoms. The number of aryl methyl sites for hydroxylation is 1. The zero-order valence-electron chi connectivity index (χ0n) is 11.9. The molecule has 0 aromatic carbocycles. The van der Waals surface area contributed by atoms with Gasteiger partial charge in [-0.1, -0.05) is 13.3 Å². The van der Waals surface area contributed by atoms with Gasteiger partial charge in [-0.2, -0.15) is 0 Å². The standard InChI is InChI=1S/C15H24N2OS/c1-10-5-4-8-15(9-10,18-2)14-17-12-7-3-6-11(16)13(12)19-14/h10-11H,3-9,16H2,1-2H3. The number of nitrogens with two attached hydrogens (primary N) is 1. The van der Waals surface area contributed by atoms with Crippen molar-refractivity contribution in [1.82, 2.24) is 4.98 Å². The van der Waals surface area contributed by atoms with Gasteiger partial charge >= 0.3 is 0 Å². The molecule has 1 aromatic heterocycles. The van der Waals surface area contributed by atoms with Crippen LogP contribution in [0, 0.1) is 5.92 Å². The summed E-state index contributed by atoms with van der Waals surface area (Å²) < 4.78 is 5.96. The van der Waals surface area contributed by atoms with E-state index in [2.05, 4.69) is 6.92 Å². The molecule has 2 aliphatic rings. The molecule has 3 unspecified atom stereocenters. The minimum atomic E-state index is -0.139. The van der Waals surface area contributed by atoms with Crippen LogP contribution >= 0.6 is 11.3 Å². The average Bonchev–Trinajstić information content (AvgIpc) is 2.84. The van der Waals surface area contributed by atoms with Crippen LogP contribution in [0.4, 0.5) is 0 Å². The molecule has 0 aliphatic heterocycles. The Labute approximate surface area is 119 Å². The van der Waals surface area contributed by atoms with Crippen LogP contribution in [0.25, 0.3) is 0 Å². The molecule has 3 nitrogen and oxygen atoms in total. The molecule has 1 saturated carbocycles. The predicted molar refractivity (Wildman–Crippen MR) is 78.3 cm³/mol. The van der Waals surface area contributed by atoms with Gasteiger partial charge in [0, 0.05) is 18.0 Å². The van der Waals surface area contributed by atoms with Crippen molar-refractivity contribution in [1.29, 1.82) is 0 Å². The molecule has 1 heterocycles. The molecular weight excluding hydrogens is 256 g/mol. The summed E-state index contributed by atoms with van der Waals surface area (Å²) in [6.45, 7) is 2.33. The third-order valence-corrected chi connectivity index (χ3v) is 6.14. The highest BCUT2D eigenvalue weighted by Crippen LogP contribution is 2.46. The molecule has 1 aromatic rings. The molecule has 19 heavy (non-hydrogen) atoms. The molecule has 3 atom stereocenters. The van der Waals surface area contributed by atoms with Gasteiger partial charge < -0.3 is 10.5 Å². The molecule has 3 rings (SSSR count). The van der Waals surface area contributed by atoms with E-state index in [9.17, 15) is 0 Å². The van der Waals surface area contributed by atoms with Crippen LogP contribution < -0.4 is 5.73 Å². The van der Waals surface area contributed by atoms with E-state index in [4.69, 9.17) is 15.5 Å². The zero-order valence-corrected chi connectivity index (χ0v) is 12.8. The smallest absolute Gasteiger partial charge is 0.125 e. The molecule has 2 N–H and O–H groups in total. The molecule has 0 amide bonds. The van der Waals surface area contributed by atoms with Gasteiger partial charge in [0.25, 0.3) is 0 Å². The van der Waals surface area contributed by atoms with Crippen LogP contribution in [0.2, 0.25) is 0 Å². The quantitative estimate of drug-likeness (QED) is 0.901. The average molecular weight is 280 g/mol. The Bertz CT molecular complexity index is 459. The maximum atomic E-state index is 6.23. The maximum Gasteiger partial charge on any atom is 0.125 e. The fourth-order valence-corrected chi connectivity index (χ4v) is 4.97. The lowest BCUT2D eigenvalue weighted by atomic mass is 9.79. The fraction of sp³-hybridized carbons (Fsp3) is 0.800. The Morgan fingerprint density at radius 2 is 2.21 bits per heavy atom. The fourth-order valence-electron chi connectivity index (χ4n) is 3.62. The Morgan fingerprint density at radius 1 is 1.37 bits per heavy atom. The first-order valence-electron chi connectivity index (χ1n) is 7.45. The highest BCUT2D eigenvalue weighted by molar-refractivity contribution is 7.12. The summed E-state index contributed by atoms with van der Waals surface area (Å²) in [7, 11) is 1.85. The van der Waals surface area contributed by atoms with Crippen molar-refractivity contribution in [3.05, 3.63) is 15.6 Å². The second-order valence-electron chi connectivity index (χ2n) is 6.23. The van der Waals surface area contributed by atoms with Crippen molar-refractivity contribution in [3.63, 3.8) is 0 Å². The number of rotatable bonds is 2. The molecule has 2 aliphatic carbocycles. The molecular formula is C15H24N2OS. The molecule has 0 saturated heterocycles. The zero-order chi connectivity index (χ0) is 13.5. The van der Waals surface area contributed by atoms with Gasteiger partial charge in [-0.05, 0) is 44.4 Å². The summed E-state index contributed by atoms with van der Waals surface area (Å²) in [6.07, 6.45) is 8.13. The summed E-state index contributed by atoms with van der Waals surface area (Å²) in [5, 5.41) is 1.18. The second kappa shape index (κ2) is 5.15. The second-order valence-corrected chi connectivity index (χ2v) is 7.26. The van der Waals surface area contributed by atoms with E-state index in [1.165, 1.54) is 34.8 Å². The van der Waals surface area contributed by atoms with E-state index < -0.39 is 0 Å². The SMILES string of the molecule is COC1(c2nc3c(s2)C(N)CCC3)CCCC(C)C1. The lowest BCUT2D eigenvalue weighted by molar-refractivity contribution is -0.0581. The third kappa shape index (κ3) is 2.34. The van der Waals surface area contributed by atoms with Gasteiger partial charge in [0.05, 0.1) is 5.69 Å². The summed E-state index contributed by atoms with van der Waals surface area (Å²) in [5.41, 5.74) is 7.34. The Morgan fingerprint density at radius 3 is 2.89 bits per heavy atom. The van der Waals surface area contributed by atoms with Gasteiger partial charge in [-0.25, -0.2) is 4.98 Å². The van der Waals surface area contributed by atoms with Crippen LogP contribution in [-0.4, -0.2) is 12.1 Å². The van der Waals surface area contributed by atoms with E-state index in [1.807, 2.05) is 18.4 Å². The number of hydrogen-bond donors (Lipinski definition) is 1. The molecule has 4 heteroatoms. The van der Waals surface area contributed by atoms with E-state index in [0.717, 1.165) is 31.6 Å². The number of ether oxygens (including phenoxy) is 1. The Kier molecular flexibility index (Phi) is 3.67. The summed E-state index contributed by atoms with van der Waals surface area (Å²) in [4.78, 5) is 6.23. The van der Waals surface area contributed by atoms with Crippen LogP contribution in [0.3, 0.4) is 0 Å². The highest BCUT2D eigenvalue weighted by Gasteiger charge is 2.40. The van der Waals surface area contributed by atoms with Crippen molar-refractivity contribution >= 4 is 11.3 Å². The lowest BCUT2D eigenvalue weighted by Gasteiger charge is -2.37. The largest absolute Gasteiger partial charge is 0.371 e. The van der Waals surface area contributed by atoms with Crippen LogP contribution in [-0.2, 0) is 16.8 Å². The predicted octanol–water partition coefficient (Wildman–Crippen LogP) is 3.53. The Hall–Kier alpha value is -0.450. The van der Waals surface area contributed by atoms with Gasteiger partial charge in [0.2, 0.25) is 0 Å². The highest BCUT2D eigenvalue weighted by atomic mass is 32.1. The van der Waals surface area contributed by atoms with E-state index in [0.29, 0.717) is 0 Å². The molecule has 0 spiro atoms. The number of nitrogens with zero attached hydrogens (tertiary/aromatic N) is 1. The number of aromatic nitrogens is 1. The first-order chi connectivity index (χ1) is 9.14. The molecule has 0 radical (unpaired) electrons. The van der Waals surface area contributed by atoms with E-state index >= 15 is 0 Å². The van der Waals surface area contributed by atoms with Gasteiger partial charge in [0.15, 0.2) is 0 Å². The number of thiazole rings is 1. The number of fused-ring (bicyclic) bond motifs is 1. The summed E-state index contributed by atoms with van der Waals surface area (Å²) >= 11 is 1.81. The summed E-state index contributed by atoms with van der Waals surface area (Å²) in [5.74, 6) is 0.725. The number of hydrogen-bond acceptors (Lipinski definition) is 4. The van der Waals surface area contributed by atoms with Crippen molar-refractivity contribution in [2.24, 2.45) is 11.7 Å². The minimum Gasteiger partial charge on any atom is -0.371 e. The monoisotopic (exact) mass is 280 g/mol. The van der Waals surface area contributed by atoms with Crippen molar-refractivity contribution in [2.45, 2.75) is 63.5 Å². The van der Waals surface area contributed by atoms with Gasteiger partial charge in [-0.15, -0.1) is 11.3 Å². The molecule has 106 valence electrons. The van der Waals surface area contributed by atoms with Crippen molar-refractivity contribution in [2.75, 3.05) is 7.11 Å². The van der Waals surface area contributed by atoms with Crippen LogP contribution in [0.1, 0.15) is 67.1 Å².